The van der Waals surface area contributed by atoms with Gasteiger partial charge in [0, 0.05) is 0 Å². The normalized spacial score (nSPS) is 8.44. The summed E-state index contributed by atoms with van der Waals surface area (Å²) >= 11 is 1.44. The Balaban J connectivity index is 2.72. The van der Waals surface area contributed by atoms with Gasteiger partial charge >= 0.3 is 65.2 Å². The second-order valence-corrected chi connectivity index (χ2v) is 2.48. The summed E-state index contributed by atoms with van der Waals surface area (Å²) in [7, 11) is 0. The predicted octanol–water partition coefficient (Wildman–Crippen LogP) is 1.40. The van der Waals surface area contributed by atoms with E-state index in [1.54, 1.807) is 0 Å². The molecule has 0 atom stereocenters. The predicted molar refractivity (Wildman–Crippen MR) is 36.1 cm³/mol. The molecule has 0 unspecified atom stereocenters. The van der Waals surface area contributed by atoms with Gasteiger partial charge in [-0.1, -0.05) is 0 Å². The zero-order valence-corrected chi connectivity index (χ0v) is 7.81. The molecule has 0 amide bonds. The van der Waals surface area contributed by atoms with Gasteiger partial charge in [-0.25, -0.2) is 0 Å². The third-order valence-corrected chi connectivity index (χ3v) is 1.42. The van der Waals surface area contributed by atoms with E-state index in [2.05, 4.69) is 5.32 Å². The van der Waals surface area contributed by atoms with Crippen molar-refractivity contribution in [1.29, 1.82) is 0 Å². The van der Waals surface area contributed by atoms with Gasteiger partial charge in [0.15, 0.2) is 0 Å². The van der Waals surface area contributed by atoms with Gasteiger partial charge in [0.05, 0.1) is 0 Å². The third-order valence-electron chi connectivity index (χ3n) is 0.999. The first-order valence-electron chi connectivity index (χ1n) is 2.69. The molecule has 1 N–H and O–H groups in total. The number of para-hydroxylation sites is 1. The SMILES string of the molecule is [W]=[CH]Nc1ccccc1. The van der Waals surface area contributed by atoms with Crippen LogP contribution in [0.25, 0.3) is 0 Å². The molecule has 0 saturated carbocycles. The number of hydrogen-bond acceptors (Lipinski definition) is 1. The Morgan fingerprint density at radius 3 is 2.44 bits per heavy atom. The topological polar surface area (TPSA) is 12.0 Å². The van der Waals surface area contributed by atoms with Gasteiger partial charge in [-0.3, -0.25) is 0 Å². The van der Waals surface area contributed by atoms with E-state index in [-0.39, 0.29) is 0 Å². The summed E-state index contributed by atoms with van der Waals surface area (Å²) < 4.78 is 2.00. The molecule has 1 aromatic carbocycles. The van der Waals surface area contributed by atoms with E-state index in [9.17, 15) is 0 Å². The molecule has 0 fully saturated rings. The molecular formula is C7H7NW. The molecule has 0 heterocycles. The Morgan fingerprint density at radius 2 is 1.89 bits per heavy atom. The van der Waals surface area contributed by atoms with E-state index in [0.29, 0.717) is 0 Å². The zero-order valence-electron chi connectivity index (χ0n) is 4.87. The summed E-state index contributed by atoms with van der Waals surface area (Å²) in [5.41, 5.74) is 1.16. The quantitative estimate of drug-likeness (QED) is 0.868. The van der Waals surface area contributed by atoms with Gasteiger partial charge in [0.2, 0.25) is 0 Å². The Bertz CT molecular complexity index is 183. The molecule has 0 saturated heterocycles. The number of anilines is 1. The molecule has 46 valence electrons. The molecule has 0 bridgehead atoms. The molecule has 0 aliphatic carbocycles. The van der Waals surface area contributed by atoms with Crippen LogP contribution in [0.1, 0.15) is 0 Å². The molecule has 1 nitrogen and oxygen atoms in total. The van der Waals surface area contributed by atoms with Crippen LogP contribution in [0.5, 0.6) is 0 Å². The van der Waals surface area contributed by atoms with Gasteiger partial charge in [0.1, 0.15) is 0 Å². The van der Waals surface area contributed by atoms with Gasteiger partial charge in [-0.05, 0) is 0 Å². The molecule has 0 spiro atoms. The number of rotatable bonds is 2. The second kappa shape index (κ2) is 3.57. The number of hydrogen-bond donors (Lipinski definition) is 1. The van der Waals surface area contributed by atoms with Crippen molar-refractivity contribution in [1.82, 2.24) is 0 Å². The van der Waals surface area contributed by atoms with E-state index in [1.165, 1.54) is 19.4 Å². The fourth-order valence-electron chi connectivity index (χ4n) is 0.602. The first kappa shape index (κ1) is 6.69. The Kier molecular flexibility index (Phi) is 2.66. The van der Waals surface area contributed by atoms with Crippen molar-refractivity contribution >= 4 is 10.2 Å². The first-order chi connectivity index (χ1) is 4.43. The minimum absolute atomic E-state index is 1.16. The maximum absolute atomic E-state index is 3.12. The summed E-state index contributed by atoms with van der Waals surface area (Å²) in [4.78, 5) is 0. The second-order valence-electron chi connectivity index (χ2n) is 1.63. The van der Waals surface area contributed by atoms with Crippen LogP contribution in [0, 0.1) is 0 Å². The van der Waals surface area contributed by atoms with Crippen molar-refractivity contribution < 1.29 is 19.4 Å². The van der Waals surface area contributed by atoms with Crippen molar-refractivity contribution in [3.05, 3.63) is 30.3 Å². The van der Waals surface area contributed by atoms with E-state index >= 15 is 0 Å². The van der Waals surface area contributed by atoms with Crippen LogP contribution < -0.4 is 5.32 Å². The zero-order chi connectivity index (χ0) is 6.53. The van der Waals surface area contributed by atoms with E-state index in [1.807, 2.05) is 34.9 Å². The van der Waals surface area contributed by atoms with Crippen LogP contribution in [0.15, 0.2) is 30.3 Å². The van der Waals surface area contributed by atoms with Crippen LogP contribution in [-0.4, -0.2) is 4.52 Å². The van der Waals surface area contributed by atoms with E-state index in [4.69, 9.17) is 0 Å². The summed E-state index contributed by atoms with van der Waals surface area (Å²) in [5.74, 6) is 0. The summed E-state index contributed by atoms with van der Waals surface area (Å²) in [6.07, 6.45) is 0. The Morgan fingerprint density at radius 1 is 1.22 bits per heavy atom. The fourth-order valence-corrected chi connectivity index (χ4v) is 1.09. The molecule has 0 radical (unpaired) electrons. The van der Waals surface area contributed by atoms with Gasteiger partial charge in [-0.15, -0.1) is 0 Å². The monoisotopic (exact) mass is 289 g/mol. The average molecular weight is 289 g/mol. The summed E-state index contributed by atoms with van der Waals surface area (Å²) in [6.45, 7) is 0. The van der Waals surface area contributed by atoms with Crippen LogP contribution in [-0.2, 0) is 19.4 Å². The average Bonchev–Trinajstić information content (AvgIpc) is 1.91. The Labute approximate surface area is 65.5 Å². The van der Waals surface area contributed by atoms with E-state index < -0.39 is 0 Å². The van der Waals surface area contributed by atoms with Crippen molar-refractivity contribution in [2.75, 3.05) is 5.32 Å². The number of nitrogens with one attached hydrogen (secondary N) is 1. The van der Waals surface area contributed by atoms with Crippen LogP contribution in [0.4, 0.5) is 5.69 Å². The van der Waals surface area contributed by atoms with Crippen molar-refractivity contribution in [2.24, 2.45) is 0 Å². The van der Waals surface area contributed by atoms with Crippen LogP contribution in [0.2, 0.25) is 0 Å². The van der Waals surface area contributed by atoms with Crippen molar-refractivity contribution in [2.45, 2.75) is 0 Å². The van der Waals surface area contributed by atoms with Crippen LogP contribution >= 0.6 is 0 Å². The third kappa shape index (κ3) is 2.11. The Hall–Kier alpha value is -0.422. The van der Waals surface area contributed by atoms with Gasteiger partial charge < -0.3 is 0 Å². The molecular weight excluding hydrogens is 282 g/mol. The van der Waals surface area contributed by atoms with Crippen molar-refractivity contribution in [3.8, 4) is 0 Å². The van der Waals surface area contributed by atoms with E-state index in [0.717, 1.165) is 5.69 Å². The molecule has 0 aromatic heterocycles. The van der Waals surface area contributed by atoms with Gasteiger partial charge in [0.25, 0.3) is 0 Å². The van der Waals surface area contributed by atoms with Gasteiger partial charge in [-0.2, -0.15) is 0 Å². The molecule has 2 heteroatoms. The molecule has 9 heavy (non-hydrogen) atoms. The standard InChI is InChI=1S/C7H7N.W/c1-8-7-5-3-2-4-6-7;/h1-6,8H;. The van der Waals surface area contributed by atoms with Crippen LogP contribution in [0.3, 0.4) is 0 Å². The fraction of sp³-hybridized carbons (Fsp3) is 0. The molecule has 0 aliphatic heterocycles. The molecule has 1 aromatic rings. The summed E-state index contributed by atoms with van der Waals surface area (Å²) in [5, 5.41) is 3.12. The molecule has 0 aliphatic rings. The first-order valence-corrected chi connectivity index (χ1v) is 4.38. The number of benzene rings is 1. The van der Waals surface area contributed by atoms with Crippen molar-refractivity contribution in [3.63, 3.8) is 0 Å². The summed E-state index contributed by atoms with van der Waals surface area (Å²) in [6, 6.07) is 10.1. The molecule has 1 rings (SSSR count). The maximum atomic E-state index is 3.12. The minimum atomic E-state index is 1.16.